The summed E-state index contributed by atoms with van der Waals surface area (Å²) in [6.07, 6.45) is 1.87. The molecule has 6 heteroatoms. The number of pyridine rings is 1. The van der Waals surface area contributed by atoms with Crippen LogP contribution in [0.3, 0.4) is 0 Å². The van der Waals surface area contributed by atoms with E-state index in [1.807, 2.05) is 12.3 Å². The number of benzene rings is 9. The van der Waals surface area contributed by atoms with Crippen molar-refractivity contribution >= 4 is 54.6 Å². The van der Waals surface area contributed by atoms with Gasteiger partial charge in [-0.15, -0.1) is 34.8 Å². The number of fused-ring (bicyclic) bond motifs is 7. The van der Waals surface area contributed by atoms with Crippen LogP contribution in [-0.4, -0.2) is 19.1 Å². The van der Waals surface area contributed by atoms with Gasteiger partial charge in [-0.3, -0.25) is 4.57 Å². The Morgan fingerprint density at radius 2 is 1.19 bits per heavy atom. The van der Waals surface area contributed by atoms with E-state index in [2.05, 4.69) is 246 Å². The van der Waals surface area contributed by atoms with E-state index in [9.17, 15) is 0 Å². The number of aromatic nitrogens is 5. The second kappa shape index (κ2) is 19.0. The fraction of sp³-hybridized carbons (Fsp3) is 0.130. The van der Waals surface area contributed by atoms with Crippen molar-refractivity contribution in [2.45, 2.75) is 60.3 Å². The van der Waals surface area contributed by atoms with E-state index in [1.165, 1.54) is 55.6 Å². The molecule has 0 saturated carbocycles. The Bertz CT molecular complexity index is 4280. The third kappa shape index (κ3) is 8.04. The van der Waals surface area contributed by atoms with E-state index < -0.39 is 0 Å². The predicted molar refractivity (Wildman–Crippen MR) is 310 cm³/mol. The molecule has 4 aromatic heterocycles. The van der Waals surface area contributed by atoms with Crippen LogP contribution >= 0.6 is 0 Å². The minimum absolute atomic E-state index is 0. The molecule has 0 aliphatic carbocycles. The molecule has 0 unspecified atom stereocenters. The number of nitrogens with zero attached hydrogens (tertiary/aromatic N) is 5. The summed E-state index contributed by atoms with van der Waals surface area (Å²) in [5.74, 6) is 2.42. The van der Waals surface area contributed by atoms with Gasteiger partial charge in [0.25, 0.3) is 0 Å². The van der Waals surface area contributed by atoms with Gasteiger partial charge in [-0.05, 0) is 146 Å². The van der Waals surface area contributed by atoms with Crippen molar-refractivity contribution in [2.75, 3.05) is 0 Å². The molecule has 0 radical (unpaired) electrons. The van der Waals surface area contributed by atoms with Gasteiger partial charge >= 0.3 is 21.1 Å². The van der Waals surface area contributed by atoms with Crippen molar-refractivity contribution < 1.29 is 21.1 Å². The first-order chi connectivity index (χ1) is 36.1. The van der Waals surface area contributed by atoms with Gasteiger partial charge in [0.15, 0.2) is 0 Å². The zero-order valence-corrected chi connectivity index (χ0v) is 45.5. The van der Waals surface area contributed by atoms with Crippen LogP contribution in [0.25, 0.3) is 122 Å². The maximum atomic E-state index is 5.84. The van der Waals surface area contributed by atoms with Crippen LogP contribution in [0.4, 0.5) is 0 Å². The molecule has 0 saturated heterocycles. The van der Waals surface area contributed by atoms with Crippen molar-refractivity contribution in [2.24, 2.45) is 0 Å². The summed E-state index contributed by atoms with van der Waals surface area (Å²) >= 11 is 0. The first-order valence-corrected chi connectivity index (χ1v) is 25.9. The first kappa shape index (κ1) is 47.9. The van der Waals surface area contributed by atoms with Gasteiger partial charge in [0.1, 0.15) is 11.6 Å². The van der Waals surface area contributed by atoms with Crippen LogP contribution in [0.1, 0.15) is 67.3 Å². The summed E-state index contributed by atoms with van der Waals surface area (Å²) in [5, 5.41) is 4.50. The Balaban J connectivity index is 0.00000569. The van der Waals surface area contributed by atoms with Gasteiger partial charge in [0.05, 0.1) is 11.0 Å². The van der Waals surface area contributed by atoms with E-state index in [0.29, 0.717) is 11.8 Å². The first-order valence-electron chi connectivity index (χ1n) is 25.9. The molecular formula is C69H55N5Pt. The molecule has 366 valence electrons. The minimum Gasteiger partial charge on any atom is -0.656 e. The summed E-state index contributed by atoms with van der Waals surface area (Å²) in [6, 6.07) is 72.3. The Labute approximate surface area is 452 Å². The molecular weight excluding hydrogens is 1090 g/mol. The Morgan fingerprint density at radius 3 is 1.92 bits per heavy atom. The van der Waals surface area contributed by atoms with Crippen LogP contribution in [-0.2, 0) is 21.1 Å². The normalized spacial score (nSPS) is 11.8. The summed E-state index contributed by atoms with van der Waals surface area (Å²) in [6.45, 7) is 15.8. The molecule has 4 heterocycles. The fourth-order valence-corrected chi connectivity index (χ4v) is 11.9. The Morgan fingerprint density at radius 1 is 0.493 bits per heavy atom. The zero-order valence-electron chi connectivity index (χ0n) is 43.2. The SMILES string of the molecule is Cc1cc(C)c(-c2cc(-c3[c-]c4c(cc3)c3cc(-c5ccccc5)ccc3n4-c3ccccn3)c3nc(-c4cccc5c4[n-]c4ccccc45)n(-c4ccc(-c5c(C(C)C)cccc5C(C)C)cc4)c3c2)c(C)c1.[Pt+2]. The molecule has 0 atom stereocenters. The van der Waals surface area contributed by atoms with Gasteiger partial charge in [-0.2, -0.15) is 0 Å². The van der Waals surface area contributed by atoms with Crippen molar-refractivity contribution in [1.82, 2.24) is 24.1 Å². The quantitative estimate of drug-likeness (QED) is 0.135. The third-order valence-corrected chi connectivity index (χ3v) is 15.2. The summed E-state index contributed by atoms with van der Waals surface area (Å²) in [4.78, 5) is 16.1. The molecule has 5 nitrogen and oxygen atoms in total. The van der Waals surface area contributed by atoms with E-state index in [0.717, 1.165) is 94.2 Å². The molecule has 0 aliphatic heterocycles. The molecule has 0 bridgehead atoms. The number of imidazole rings is 1. The van der Waals surface area contributed by atoms with Gasteiger partial charge < -0.3 is 9.55 Å². The standard InChI is InChI=1S/C69H55N5.Pt/c1-41(2)52-20-15-21-53(42(3)4)66(52)47-26-30-51(31-27-47)73-63-40-50(65-44(6)35-43(5)36-45(65)7)38-58(68(63)72-69(73)57-23-16-22-56-54-19-11-12-24-60(54)71-67(56)57)49-28-32-55-59-37-48(46-17-9-8-10-18-46)29-33-61(59)74(62(55)39-49)64-25-13-14-34-70-64;/h8-38,40-42H,1-7H3;/q-2;+2. The molecule has 13 aromatic rings. The summed E-state index contributed by atoms with van der Waals surface area (Å²) in [5.41, 5.74) is 23.5. The van der Waals surface area contributed by atoms with Crippen LogP contribution in [0, 0.1) is 26.8 Å². The average Bonchev–Trinajstić information content (AvgIpc) is 4.11. The summed E-state index contributed by atoms with van der Waals surface area (Å²) < 4.78 is 4.64. The number of aryl methyl sites for hydroxylation is 3. The number of rotatable bonds is 9. The van der Waals surface area contributed by atoms with Crippen molar-refractivity contribution in [3.63, 3.8) is 0 Å². The van der Waals surface area contributed by atoms with Gasteiger partial charge in [0.2, 0.25) is 0 Å². The van der Waals surface area contributed by atoms with E-state index in [1.54, 1.807) is 0 Å². The molecule has 0 fully saturated rings. The molecule has 0 aliphatic rings. The zero-order chi connectivity index (χ0) is 50.4. The molecule has 9 aromatic carbocycles. The number of para-hydroxylation sites is 2. The smallest absolute Gasteiger partial charge is 0.656 e. The number of hydrogen-bond acceptors (Lipinski definition) is 2. The number of hydrogen-bond donors (Lipinski definition) is 0. The van der Waals surface area contributed by atoms with E-state index >= 15 is 0 Å². The maximum absolute atomic E-state index is 5.84. The van der Waals surface area contributed by atoms with Crippen LogP contribution in [0.2, 0.25) is 0 Å². The minimum atomic E-state index is 0. The molecule has 75 heavy (non-hydrogen) atoms. The van der Waals surface area contributed by atoms with Crippen molar-refractivity contribution in [1.29, 1.82) is 0 Å². The van der Waals surface area contributed by atoms with Crippen molar-refractivity contribution in [3.8, 4) is 67.4 Å². The molecule has 0 N–H and O–H groups in total. The molecule has 0 spiro atoms. The van der Waals surface area contributed by atoms with Crippen LogP contribution < -0.4 is 4.98 Å². The third-order valence-electron chi connectivity index (χ3n) is 15.2. The fourth-order valence-electron chi connectivity index (χ4n) is 11.9. The van der Waals surface area contributed by atoms with Crippen LogP contribution in [0.15, 0.2) is 194 Å². The Hall–Kier alpha value is -8.11. The Kier molecular flexibility index (Phi) is 12.1. The van der Waals surface area contributed by atoms with Gasteiger partial charge in [-0.1, -0.05) is 184 Å². The van der Waals surface area contributed by atoms with E-state index in [-0.39, 0.29) is 21.1 Å². The molecule has 13 rings (SSSR count). The summed E-state index contributed by atoms with van der Waals surface area (Å²) in [7, 11) is 0. The van der Waals surface area contributed by atoms with Gasteiger partial charge in [-0.25, -0.2) is 9.97 Å². The van der Waals surface area contributed by atoms with Crippen LogP contribution in [0.5, 0.6) is 0 Å². The largest absolute Gasteiger partial charge is 2.00 e. The van der Waals surface area contributed by atoms with Crippen molar-refractivity contribution in [3.05, 3.63) is 228 Å². The van der Waals surface area contributed by atoms with Gasteiger partial charge in [0, 0.05) is 23.0 Å². The second-order valence-electron chi connectivity index (χ2n) is 20.7. The molecule has 0 amide bonds. The topological polar surface area (TPSA) is 49.7 Å². The average molecular weight is 1150 g/mol. The maximum Gasteiger partial charge on any atom is 2.00 e. The monoisotopic (exact) mass is 1150 g/mol. The van der Waals surface area contributed by atoms with E-state index in [4.69, 9.17) is 15.0 Å². The predicted octanol–water partition coefficient (Wildman–Crippen LogP) is 18.1. The second-order valence-corrected chi connectivity index (χ2v) is 20.7.